The van der Waals surface area contributed by atoms with Gasteiger partial charge in [0.05, 0.1) is 6.16 Å². The molecule has 0 N–H and O–H groups in total. The van der Waals surface area contributed by atoms with E-state index in [1.807, 2.05) is 0 Å². The zero-order valence-corrected chi connectivity index (χ0v) is 20.4. The molecule has 0 nitrogen and oxygen atoms in total. The van der Waals surface area contributed by atoms with Crippen molar-refractivity contribution < 1.29 is 24.0 Å². The third-order valence-corrected chi connectivity index (χ3v) is 9.83. The number of unbranched alkanes of at least 4 members (excludes halogenated alkanes) is 3. The van der Waals surface area contributed by atoms with Gasteiger partial charge in [0, 0.05) is 6.42 Å². The monoisotopic (exact) mass is 514 g/mol. The summed E-state index contributed by atoms with van der Waals surface area (Å²) >= 11 is 0. The van der Waals surface area contributed by atoms with Crippen molar-refractivity contribution >= 4 is 23.2 Å². The predicted molar refractivity (Wildman–Crippen MR) is 128 cm³/mol. The molecule has 0 unspecified atom stereocenters. The first-order valence-corrected chi connectivity index (χ1v) is 12.6. The molecule has 0 atom stereocenters. The molecule has 0 aromatic heterocycles. The van der Waals surface area contributed by atoms with Gasteiger partial charge in [-0.15, -0.1) is 0 Å². The van der Waals surface area contributed by atoms with E-state index in [-0.39, 0.29) is 24.0 Å². The van der Waals surface area contributed by atoms with Crippen LogP contribution in [0.3, 0.4) is 0 Å². The summed E-state index contributed by atoms with van der Waals surface area (Å²) in [5.74, 6) is 0. The van der Waals surface area contributed by atoms with E-state index >= 15 is 0 Å². The van der Waals surface area contributed by atoms with Crippen LogP contribution in [-0.2, 0) is 0 Å². The van der Waals surface area contributed by atoms with Crippen LogP contribution in [0.5, 0.6) is 0 Å². The summed E-state index contributed by atoms with van der Waals surface area (Å²) in [4.78, 5) is 0. The van der Waals surface area contributed by atoms with Crippen molar-refractivity contribution in [2.24, 2.45) is 0 Å². The van der Waals surface area contributed by atoms with Gasteiger partial charge in [-0.25, -0.2) is 0 Å². The molecule has 29 heavy (non-hydrogen) atoms. The van der Waals surface area contributed by atoms with E-state index < -0.39 is 7.26 Å². The summed E-state index contributed by atoms with van der Waals surface area (Å²) in [6.07, 6.45) is 12.3. The SMILES string of the molecule is CCCCC/C=C\CC[P+](c1ccccc1)(c1ccccc1)c1ccccc1.[I-]. The van der Waals surface area contributed by atoms with Crippen LogP contribution >= 0.6 is 7.26 Å². The Morgan fingerprint density at radius 1 is 0.586 bits per heavy atom. The first-order chi connectivity index (χ1) is 13.9. The lowest BCUT2D eigenvalue weighted by molar-refractivity contribution is -0.00000559. The molecule has 3 rings (SSSR count). The average Bonchev–Trinajstić information content (AvgIpc) is 2.78. The number of allylic oxidation sites excluding steroid dienone is 2. The molecule has 0 fully saturated rings. The smallest absolute Gasteiger partial charge is 0.112 e. The molecule has 0 amide bonds. The summed E-state index contributed by atoms with van der Waals surface area (Å²) in [5, 5.41) is 4.44. The van der Waals surface area contributed by atoms with Crippen molar-refractivity contribution in [1.29, 1.82) is 0 Å². The Labute approximate surface area is 194 Å². The minimum atomic E-state index is -1.67. The van der Waals surface area contributed by atoms with Gasteiger partial charge >= 0.3 is 0 Å². The van der Waals surface area contributed by atoms with Crippen LogP contribution in [0.1, 0.15) is 39.0 Å². The second-order valence-corrected chi connectivity index (χ2v) is 10.9. The van der Waals surface area contributed by atoms with Crippen molar-refractivity contribution in [2.45, 2.75) is 39.0 Å². The minimum Gasteiger partial charge on any atom is -1.00 e. The maximum Gasteiger partial charge on any atom is 0.112 e. The first-order valence-electron chi connectivity index (χ1n) is 10.6. The molecule has 0 heterocycles. The second kappa shape index (κ2) is 13.0. The van der Waals surface area contributed by atoms with Gasteiger partial charge in [-0.3, -0.25) is 0 Å². The van der Waals surface area contributed by atoms with Crippen LogP contribution in [0, 0.1) is 0 Å². The Morgan fingerprint density at radius 3 is 1.41 bits per heavy atom. The number of rotatable bonds is 10. The van der Waals surface area contributed by atoms with Crippen LogP contribution in [0.15, 0.2) is 103 Å². The first kappa shape index (κ1) is 23.8. The number of halogens is 1. The van der Waals surface area contributed by atoms with Gasteiger partial charge in [0.1, 0.15) is 23.2 Å². The molecular weight excluding hydrogens is 482 g/mol. The summed E-state index contributed by atoms with van der Waals surface area (Å²) in [6, 6.07) is 33.5. The highest BCUT2D eigenvalue weighted by atomic mass is 127. The molecule has 0 aliphatic rings. The molecule has 2 heteroatoms. The molecule has 3 aromatic rings. The standard InChI is InChI=1S/C27H32P.HI/c1-2-3-4-5-6-7-17-24-28(25-18-11-8-12-19-25,26-20-13-9-14-21-26)27-22-15-10-16-23-27;/h6-16,18-23H,2-5,17,24H2,1H3;1H/q+1;/p-1/b7-6-;. The zero-order valence-electron chi connectivity index (χ0n) is 17.4. The molecule has 0 saturated heterocycles. The summed E-state index contributed by atoms with van der Waals surface area (Å²) in [6.45, 7) is 2.27. The Kier molecular flexibility index (Phi) is 10.7. The maximum absolute atomic E-state index is 2.42. The predicted octanol–water partition coefficient (Wildman–Crippen LogP) is 3.51. The third-order valence-electron chi connectivity index (χ3n) is 5.36. The van der Waals surface area contributed by atoms with E-state index in [1.165, 1.54) is 47.8 Å². The second-order valence-electron chi connectivity index (χ2n) is 7.30. The minimum absolute atomic E-state index is 0. The highest BCUT2D eigenvalue weighted by Crippen LogP contribution is 2.55. The van der Waals surface area contributed by atoms with Crippen molar-refractivity contribution in [3.63, 3.8) is 0 Å². The van der Waals surface area contributed by atoms with Crippen LogP contribution in [0.25, 0.3) is 0 Å². The number of hydrogen-bond acceptors (Lipinski definition) is 0. The normalized spacial score (nSPS) is 11.3. The van der Waals surface area contributed by atoms with E-state index in [4.69, 9.17) is 0 Å². The van der Waals surface area contributed by atoms with Crippen LogP contribution in [-0.4, -0.2) is 6.16 Å². The fourth-order valence-corrected chi connectivity index (χ4v) is 8.15. The molecule has 0 aliphatic carbocycles. The van der Waals surface area contributed by atoms with Crippen molar-refractivity contribution in [3.05, 3.63) is 103 Å². The highest BCUT2D eigenvalue weighted by Gasteiger charge is 2.44. The van der Waals surface area contributed by atoms with E-state index in [1.54, 1.807) is 0 Å². The number of hydrogen-bond donors (Lipinski definition) is 0. The maximum atomic E-state index is 2.42. The Bertz CT molecular complexity index is 732. The van der Waals surface area contributed by atoms with Crippen molar-refractivity contribution in [3.8, 4) is 0 Å². The highest BCUT2D eigenvalue weighted by molar-refractivity contribution is 7.95. The molecule has 0 radical (unpaired) electrons. The number of benzene rings is 3. The van der Waals surface area contributed by atoms with Crippen molar-refractivity contribution in [1.82, 2.24) is 0 Å². The van der Waals surface area contributed by atoms with E-state index in [2.05, 4.69) is 110 Å². The van der Waals surface area contributed by atoms with Crippen LogP contribution < -0.4 is 39.9 Å². The third kappa shape index (κ3) is 6.27. The molecule has 0 aliphatic heterocycles. The van der Waals surface area contributed by atoms with Gasteiger partial charge < -0.3 is 24.0 Å². The summed E-state index contributed by atoms with van der Waals surface area (Å²) in [5.41, 5.74) is 0. The topological polar surface area (TPSA) is 0 Å². The van der Waals surface area contributed by atoms with Crippen LogP contribution in [0.2, 0.25) is 0 Å². The van der Waals surface area contributed by atoms with Gasteiger partial charge in [0.15, 0.2) is 0 Å². The quantitative estimate of drug-likeness (QED) is 0.168. The molecule has 0 bridgehead atoms. The van der Waals surface area contributed by atoms with Gasteiger partial charge in [0.2, 0.25) is 0 Å². The van der Waals surface area contributed by atoms with E-state index in [9.17, 15) is 0 Å². The lowest BCUT2D eigenvalue weighted by Crippen LogP contribution is -3.00. The lowest BCUT2D eigenvalue weighted by Gasteiger charge is -2.27. The molecule has 0 spiro atoms. The zero-order chi connectivity index (χ0) is 19.5. The van der Waals surface area contributed by atoms with E-state index in [0.717, 1.165) is 6.42 Å². The van der Waals surface area contributed by atoms with Gasteiger partial charge in [-0.1, -0.05) is 86.5 Å². The summed E-state index contributed by atoms with van der Waals surface area (Å²) < 4.78 is 0. The Hall–Kier alpha value is -1.44. The van der Waals surface area contributed by atoms with E-state index in [0.29, 0.717) is 0 Å². The molecule has 0 saturated carbocycles. The molecular formula is C27H32IP. The fourth-order valence-electron chi connectivity index (χ4n) is 3.90. The van der Waals surface area contributed by atoms with Crippen molar-refractivity contribution in [2.75, 3.05) is 6.16 Å². The van der Waals surface area contributed by atoms with Gasteiger partial charge in [-0.05, 0) is 49.2 Å². The molecule has 3 aromatic carbocycles. The molecule has 152 valence electrons. The van der Waals surface area contributed by atoms with Crippen LogP contribution in [0.4, 0.5) is 0 Å². The largest absolute Gasteiger partial charge is 1.00 e. The average molecular weight is 514 g/mol. The Balaban J connectivity index is 0.00000300. The Morgan fingerprint density at radius 2 is 1.00 bits per heavy atom. The van der Waals surface area contributed by atoms with Gasteiger partial charge in [-0.2, -0.15) is 0 Å². The fraction of sp³-hybridized carbons (Fsp3) is 0.259. The summed E-state index contributed by atoms with van der Waals surface area (Å²) in [7, 11) is -1.67. The lowest BCUT2D eigenvalue weighted by atomic mass is 10.2. The van der Waals surface area contributed by atoms with Gasteiger partial charge in [0.25, 0.3) is 0 Å².